The fourth-order valence-electron chi connectivity index (χ4n) is 1.51. The van der Waals surface area contributed by atoms with E-state index in [0.717, 1.165) is 5.56 Å². The van der Waals surface area contributed by atoms with Gasteiger partial charge < -0.3 is 0 Å². The second kappa shape index (κ2) is 5.56. The van der Waals surface area contributed by atoms with E-state index in [9.17, 15) is 10.1 Å². The van der Waals surface area contributed by atoms with Crippen molar-refractivity contribution in [3.05, 3.63) is 69.8 Å². The molecule has 19 heavy (non-hydrogen) atoms. The highest BCUT2D eigenvalue weighted by Crippen LogP contribution is 2.17. The van der Waals surface area contributed by atoms with E-state index in [2.05, 4.69) is 11.1 Å². The van der Waals surface area contributed by atoms with Crippen LogP contribution < -0.4 is 0 Å². The first-order valence-electron chi connectivity index (χ1n) is 5.48. The third-order valence-electron chi connectivity index (χ3n) is 2.48. The van der Waals surface area contributed by atoms with Crippen LogP contribution >= 0.6 is 0 Å². The average Bonchev–Trinajstić information content (AvgIpc) is 2.45. The maximum absolute atomic E-state index is 10.5. The molecule has 0 saturated carbocycles. The molecule has 2 aromatic rings. The summed E-state index contributed by atoms with van der Waals surface area (Å²) in [5.41, 5.74) is 1.83. The van der Waals surface area contributed by atoms with Crippen molar-refractivity contribution in [3.8, 4) is 6.07 Å². The molecule has 2 aromatic carbocycles. The van der Waals surface area contributed by atoms with Crippen molar-refractivity contribution >= 4 is 17.6 Å². The number of nitrogens with zero attached hydrogens (tertiary/aromatic N) is 3. The quantitative estimate of drug-likeness (QED) is 0.477. The summed E-state index contributed by atoms with van der Waals surface area (Å²) in [6.45, 7) is 0. The van der Waals surface area contributed by atoms with Gasteiger partial charge in [-0.2, -0.15) is 5.26 Å². The Hall–Kier alpha value is -3.00. The Balaban J connectivity index is 2.23. The molecule has 0 bridgehead atoms. The minimum Gasteiger partial charge on any atom is -0.258 e. The van der Waals surface area contributed by atoms with Gasteiger partial charge in [0.25, 0.3) is 5.69 Å². The lowest BCUT2D eigenvalue weighted by molar-refractivity contribution is -0.384. The highest BCUT2D eigenvalue weighted by atomic mass is 16.6. The molecular weight excluding hydrogens is 242 g/mol. The zero-order valence-corrected chi connectivity index (χ0v) is 9.85. The van der Waals surface area contributed by atoms with Crippen LogP contribution in [0.25, 0.3) is 0 Å². The molecule has 0 aliphatic rings. The number of hydrogen-bond donors (Lipinski definition) is 0. The molecular formula is C14H9N3O2. The zero-order valence-electron chi connectivity index (χ0n) is 9.85. The van der Waals surface area contributed by atoms with Crippen LogP contribution in [-0.2, 0) is 0 Å². The Kier molecular flexibility index (Phi) is 3.64. The highest BCUT2D eigenvalue weighted by Gasteiger charge is 2.02. The van der Waals surface area contributed by atoms with Crippen molar-refractivity contribution in [1.29, 1.82) is 5.26 Å². The van der Waals surface area contributed by atoms with Gasteiger partial charge in [0.15, 0.2) is 0 Å². The Bertz CT molecular complexity index is 670. The third-order valence-corrected chi connectivity index (χ3v) is 2.48. The van der Waals surface area contributed by atoms with Gasteiger partial charge in [-0.3, -0.25) is 15.1 Å². The summed E-state index contributed by atoms with van der Waals surface area (Å²) in [5.74, 6) is 0. The number of non-ortho nitro benzene ring substituents is 1. The van der Waals surface area contributed by atoms with E-state index in [-0.39, 0.29) is 5.69 Å². The molecule has 0 heterocycles. The molecule has 0 N–H and O–H groups in total. The van der Waals surface area contributed by atoms with Gasteiger partial charge in [-0.15, -0.1) is 0 Å². The summed E-state index contributed by atoms with van der Waals surface area (Å²) in [4.78, 5) is 14.3. The van der Waals surface area contributed by atoms with E-state index >= 15 is 0 Å². The van der Waals surface area contributed by atoms with Crippen molar-refractivity contribution in [2.75, 3.05) is 0 Å². The molecule has 0 unspecified atom stereocenters. The molecule has 0 saturated heterocycles. The van der Waals surface area contributed by atoms with Crippen molar-refractivity contribution in [1.82, 2.24) is 0 Å². The predicted molar refractivity (Wildman–Crippen MR) is 71.5 cm³/mol. The van der Waals surface area contributed by atoms with Gasteiger partial charge in [-0.1, -0.05) is 12.1 Å². The molecule has 0 atom stereocenters. The predicted octanol–water partition coefficient (Wildman–Crippen LogP) is 3.22. The Labute approximate surface area is 109 Å². The Morgan fingerprint density at radius 2 is 1.84 bits per heavy atom. The molecule has 5 nitrogen and oxygen atoms in total. The van der Waals surface area contributed by atoms with E-state index in [1.807, 2.05) is 0 Å². The van der Waals surface area contributed by atoms with Crippen LogP contribution in [0.5, 0.6) is 0 Å². The zero-order chi connectivity index (χ0) is 13.7. The number of aliphatic imine (C=N–C) groups is 1. The summed E-state index contributed by atoms with van der Waals surface area (Å²) in [5, 5.41) is 19.4. The first-order valence-corrected chi connectivity index (χ1v) is 5.48. The summed E-state index contributed by atoms with van der Waals surface area (Å²) < 4.78 is 0. The summed E-state index contributed by atoms with van der Waals surface area (Å²) >= 11 is 0. The van der Waals surface area contributed by atoms with Gasteiger partial charge >= 0.3 is 0 Å². The van der Waals surface area contributed by atoms with Gasteiger partial charge in [0.1, 0.15) is 6.07 Å². The van der Waals surface area contributed by atoms with Crippen LogP contribution in [0.2, 0.25) is 0 Å². The third kappa shape index (κ3) is 3.01. The van der Waals surface area contributed by atoms with Crippen LogP contribution in [-0.4, -0.2) is 11.1 Å². The Morgan fingerprint density at radius 1 is 1.16 bits per heavy atom. The van der Waals surface area contributed by atoms with E-state index in [4.69, 9.17) is 5.26 Å². The lowest BCUT2D eigenvalue weighted by Gasteiger charge is -1.96. The standard InChI is InChI=1S/C14H9N3O2/c15-9-12-3-1-2-4-14(12)16-10-11-5-7-13(8-6-11)17(18)19/h1-8,10H. The van der Waals surface area contributed by atoms with Crippen LogP contribution in [0.15, 0.2) is 53.5 Å². The van der Waals surface area contributed by atoms with Gasteiger partial charge in [0, 0.05) is 18.3 Å². The second-order valence-electron chi connectivity index (χ2n) is 3.74. The van der Waals surface area contributed by atoms with Crippen molar-refractivity contribution in [2.24, 2.45) is 4.99 Å². The lowest BCUT2D eigenvalue weighted by Crippen LogP contribution is -1.88. The minimum atomic E-state index is -0.452. The lowest BCUT2D eigenvalue weighted by atomic mass is 10.2. The number of benzene rings is 2. The van der Waals surface area contributed by atoms with Crippen molar-refractivity contribution in [2.45, 2.75) is 0 Å². The van der Waals surface area contributed by atoms with Gasteiger partial charge in [0.05, 0.1) is 16.2 Å². The Morgan fingerprint density at radius 3 is 2.47 bits per heavy atom. The van der Waals surface area contributed by atoms with Crippen molar-refractivity contribution < 1.29 is 4.92 Å². The maximum Gasteiger partial charge on any atom is 0.269 e. The largest absolute Gasteiger partial charge is 0.269 e. The highest BCUT2D eigenvalue weighted by molar-refractivity contribution is 5.83. The number of hydrogen-bond acceptors (Lipinski definition) is 4. The minimum absolute atomic E-state index is 0.0366. The van der Waals surface area contributed by atoms with E-state index < -0.39 is 4.92 Å². The summed E-state index contributed by atoms with van der Waals surface area (Å²) in [7, 11) is 0. The van der Waals surface area contributed by atoms with Crippen LogP contribution in [0.1, 0.15) is 11.1 Å². The number of nitro benzene ring substituents is 1. The number of para-hydroxylation sites is 1. The summed E-state index contributed by atoms with van der Waals surface area (Å²) in [6, 6.07) is 15.1. The molecule has 0 aliphatic carbocycles. The van der Waals surface area contributed by atoms with Gasteiger partial charge in [0.2, 0.25) is 0 Å². The van der Waals surface area contributed by atoms with Crippen molar-refractivity contribution in [3.63, 3.8) is 0 Å². The molecule has 0 radical (unpaired) electrons. The molecule has 0 amide bonds. The molecule has 0 spiro atoms. The topological polar surface area (TPSA) is 79.3 Å². The van der Waals surface area contributed by atoms with E-state index in [1.165, 1.54) is 12.1 Å². The van der Waals surface area contributed by atoms with Crippen LogP contribution in [0.3, 0.4) is 0 Å². The van der Waals surface area contributed by atoms with Crippen LogP contribution in [0, 0.1) is 21.4 Å². The fraction of sp³-hybridized carbons (Fsp3) is 0. The fourth-order valence-corrected chi connectivity index (χ4v) is 1.51. The number of rotatable bonds is 3. The normalized spacial score (nSPS) is 10.3. The smallest absolute Gasteiger partial charge is 0.258 e. The van der Waals surface area contributed by atoms with Gasteiger partial charge in [-0.05, 0) is 29.8 Å². The first-order chi connectivity index (χ1) is 9.20. The SMILES string of the molecule is N#Cc1ccccc1N=Cc1ccc([N+](=O)[O-])cc1. The second-order valence-corrected chi connectivity index (χ2v) is 3.74. The molecule has 0 aromatic heterocycles. The van der Waals surface area contributed by atoms with E-state index in [1.54, 1.807) is 42.6 Å². The molecule has 5 heteroatoms. The monoisotopic (exact) mass is 251 g/mol. The molecule has 0 aliphatic heterocycles. The summed E-state index contributed by atoms with van der Waals surface area (Å²) in [6.07, 6.45) is 1.57. The van der Waals surface area contributed by atoms with E-state index in [0.29, 0.717) is 11.3 Å². The average molecular weight is 251 g/mol. The van der Waals surface area contributed by atoms with Crippen LogP contribution in [0.4, 0.5) is 11.4 Å². The molecule has 2 rings (SSSR count). The maximum atomic E-state index is 10.5. The molecule has 92 valence electrons. The number of nitro groups is 1. The first kappa shape index (κ1) is 12.5. The molecule has 0 fully saturated rings. The number of nitriles is 1. The van der Waals surface area contributed by atoms with Gasteiger partial charge in [-0.25, -0.2) is 0 Å².